The third-order valence-electron chi connectivity index (χ3n) is 2.95. The van der Waals surface area contributed by atoms with Crippen molar-refractivity contribution in [2.24, 2.45) is 0 Å². The van der Waals surface area contributed by atoms with Crippen LogP contribution in [-0.4, -0.2) is 29.1 Å². The Kier molecular flexibility index (Phi) is 4.42. The predicted octanol–water partition coefficient (Wildman–Crippen LogP) is 0.900. The number of hydrogen-bond acceptors (Lipinski definition) is 4. The zero-order valence-corrected chi connectivity index (χ0v) is 11.2. The van der Waals surface area contributed by atoms with Gasteiger partial charge in [-0.2, -0.15) is 0 Å². The van der Waals surface area contributed by atoms with Gasteiger partial charge in [0.25, 0.3) is 0 Å². The first-order valence-electron chi connectivity index (χ1n) is 6.23. The molecule has 0 spiro atoms. The molecule has 2 aromatic rings. The number of nitrogens with zero attached hydrogens (tertiary/aromatic N) is 1. The Morgan fingerprint density at radius 2 is 1.74 bits per heavy atom. The molecule has 2 rings (SSSR count). The van der Waals surface area contributed by atoms with Crippen LogP contribution in [0, 0.1) is 6.92 Å². The average Bonchev–Trinajstić information content (AvgIpc) is 2.75. The molecule has 0 amide bonds. The fourth-order valence-electron chi connectivity index (χ4n) is 2.00. The molecule has 19 heavy (non-hydrogen) atoms. The first kappa shape index (κ1) is 13.9. The van der Waals surface area contributed by atoms with Crippen LogP contribution < -0.4 is 5.46 Å². The van der Waals surface area contributed by atoms with Crippen molar-refractivity contribution in [1.29, 1.82) is 0 Å². The molecule has 0 aliphatic rings. The lowest BCUT2D eigenvalue weighted by atomic mass is 9.80. The van der Waals surface area contributed by atoms with Gasteiger partial charge in [0.1, 0.15) is 11.5 Å². The van der Waals surface area contributed by atoms with Gasteiger partial charge in [0.05, 0.1) is 6.54 Å². The van der Waals surface area contributed by atoms with Gasteiger partial charge in [-0.1, -0.05) is 24.3 Å². The maximum absolute atomic E-state index is 9.03. The van der Waals surface area contributed by atoms with Gasteiger partial charge in [0.2, 0.25) is 0 Å². The molecule has 0 atom stereocenters. The summed E-state index contributed by atoms with van der Waals surface area (Å²) in [5.41, 5.74) is 1.63. The Morgan fingerprint density at radius 3 is 2.26 bits per heavy atom. The maximum Gasteiger partial charge on any atom is 0.488 e. The number of rotatable bonds is 5. The lowest BCUT2D eigenvalue weighted by Gasteiger charge is -2.15. The summed E-state index contributed by atoms with van der Waals surface area (Å²) < 4.78 is 5.53. The van der Waals surface area contributed by atoms with Crippen molar-refractivity contribution in [1.82, 2.24) is 4.90 Å². The van der Waals surface area contributed by atoms with E-state index in [9.17, 15) is 0 Å². The minimum atomic E-state index is -1.40. The molecule has 1 heterocycles. The van der Waals surface area contributed by atoms with E-state index in [1.54, 1.807) is 12.1 Å². The van der Waals surface area contributed by atoms with Crippen molar-refractivity contribution >= 4 is 12.6 Å². The van der Waals surface area contributed by atoms with E-state index in [4.69, 9.17) is 14.5 Å². The van der Waals surface area contributed by atoms with Crippen LogP contribution in [0.5, 0.6) is 0 Å². The second-order valence-electron chi connectivity index (χ2n) is 4.80. The summed E-state index contributed by atoms with van der Waals surface area (Å²) in [6.45, 7) is 3.46. The highest BCUT2D eigenvalue weighted by Gasteiger charge is 2.10. The highest BCUT2D eigenvalue weighted by Crippen LogP contribution is 2.10. The first-order chi connectivity index (χ1) is 9.04. The Morgan fingerprint density at radius 1 is 1.05 bits per heavy atom. The molecule has 4 nitrogen and oxygen atoms in total. The number of benzene rings is 1. The van der Waals surface area contributed by atoms with Crippen LogP contribution in [0.15, 0.2) is 40.8 Å². The standard InChI is InChI=1S/C14H18BNO3/c1-11-3-8-14(19-11)10-16(2)9-12-4-6-13(7-5-12)15(17)18/h3-8,17-18H,9-10H2,1-2H3. The van der Waals surface area contributed by atoms with E-state index in [0.717, 1.165) is 30.2 Å². The lowest BCUT2D eigenvalue weighted by molar-refractivity contribution is 0.285. The van der Waals surface area contributed by atoms with Crippen LogP contribution in [0.25, 0.3) is 0 Å². The van der Waals surface area contributed by atoms with Gasteiger partial charge >= 0.3 is 7.12 Å². The molecule has 0 saturated heterocycles. The van der Waals surface area contributed by atoms with Crippen molar-refractivity contribution < 1.29 is 14.5 Å². The van der Waals surface area contributed by atoms with Crippen molar-refractivity contribution in [2.45, 2.75) is 20.0 Å². The van der Waals surface area contributed by atoms with E-state index in [0.29, 0.717) is 5.46 Å². The van der Waals surface area contributed by atoms with Gasteiger partial charge in [-0.15, -0.1) is 0 Å². The number of furan rings is 1. The molecule has 1 aromatic heterocycles. The van der Waals surface area contributed by atoms with Gasteiger partial charge in [-0.25, -0.2) is 0 Å². The molecular formula is C14H18BNO3. The SMILES string of the molecule is Cc1ccc(CN(C)Cc2ccc(B(O)O)cc2)o1. The largest absolute Gasteiger partial charge is 0.488 e. The molecule has 0 bridgehead atoms. The van der Waals surface area contributed by atoms with Gasteiger partial charge in [0, 0.05) is 6.54 Å². The van der Waals surface area contributed by atoms with Gasteiger partial charge in [-0.05, 0) is 37.1 Å². The van der Waals surface area contributed by atoms with E-state index in [2.05, 4.69) is 4.90 Å². The van der Waals surface area contributed by atoms with Gasteiger partial charge in [0.15, 0.2) is 0 Å². The molecule has 100 valence electrons. The molecule has 1 aromatic carbocycles. The quantitative estimate of drug-likeness (QED) is 0.783. The van der Waals surface area contributed by atoms with Gasteiger partial charge < -0.3 is 14.5 Å². The van der Waals surface area contributed by atoms with Crippen molar-refractivity contribution in [3.8, 4) is 0 Å². The summed E-state index contributed by atoms with van der Waals surface area (Å²) in [5, 5.41) is 18.1. The predicted molar refractivity (Wildman–Crippen MR) is 74.9 cm³/mol. The molecule has 0 aliphatic carbocycles. The fraction of sp³-hybridized carbons (Fsp3) is 0.286. The van der Waals surface area contributed by atoms with Crippen LogP contribution in [0.4, 0.5) is 0 Å². The van der Waals surface area contributed by atoms with E-state index in [1.807, 2.05) is 38.2 Å². The number of aryl methyl sites for hydroxylation is 1. The fourth-order valence-corrected chi connectivity index (χ4v) is 2.00. The second-order valence-corrected chi connectivity index (χ2v) is 4.80. The summed E-state index contributed by atoms with van der Waals surface area (Å²) >= 11 is 0. The first-order valence-corrected chi connectivity index (χ1v) is 6.23. The monoisotopic (exact) mass is 259 g/mol. The molecule has 0 unspecified atom stereocenters. The maximum atomic E-state index is 9.03. The zero-order valence-electron chi connectivity index (χ0n) is 11.2. The number of hydrogen-bond donors (Lipinski definition) is 2. The third-order valence-corrected chi connectivity index (χ3v) is 2.95. The van der Waals surface area contributed by atoms with Crippen molar-refractivity contribution in [3.05, 3.63) is 53.5 Å². The van der Waals surface area contributed by atoms with E-state index in [1.165, 1.54) is 0 Å². The smallest absolute Gasteiger partial charge is 0.465 e. The normalized spacial score (nSPS) is 11.0. The Balaban J connectivity index is 1.93. The Labute approximate surface area is 113 Å². The summed E-state index contributed by atoms with van der Waals surface area (Å²) in [5.74, 6) is 1.87. The molecule has 0 fully saturated rings. The molecule has 2 N–H and O–H groups in total. The van der Waals surface area contributed by atoms with Gasteiger partial charge in [-0.3, -0.25) is 4.90 Å². The van der Waals surface area contributed by atoms with Crippen molar-refractivity contribution in [3.63, 3.8) is 0 Å². The van der Waals surface area contributed by atoms with Crippen LogP contribution in [0.3, 0.4) is 0 Å². The molecular weight excluding hydrogens is 241 g/mol. The molecule has 0 radical (unpaired) electrons. The molecule has 0 aliphatic heterocycles. The van der Waals surface area contributed by atoms with E-state index < -0.39 is 7.12 Å². The molecule has 0 saturated carbocycles. The van der Waals surface area contributed by atoms with Crippen molar-refractivity contribution in [2.75, 3.05) is 7.05 Å². The highest BCUT2D eigenvalue weighted by atomic mass is 16.4. The van der Waals surface area contributed by atoms with Crippen LogP contribution >= 0.6 is 0 Å². The Bertz CT molecular complexity index is 522. The lowest BCUT2D eigenvalue weighted by Crippen LogP contribution is -2.29. The van der Waals surface area contributed by atoms with E-state index >= 15 is 0 Å². The topological polar surface area (TPSA) is 56.8 Å². The third kappa shape index (κ3) is 3.96. The summed E-state index contributed by atoms with van der Waals surface area (Å²) in [6.07, 6.45) is 0. The van der Waals surface area contributed by atoms with Crippen LogP contribution in [0.2, 0.25) is 0 Å². The summed E-state index contributed by atoms with van der Waals surface area (Å²) in [6, 6.07) is 11.2. The molecule has 5 heteroatoms. The van der Waals surface area contributed by atoms with Crippen LogP contribution in [0.1, 0.15) is 17.1 Å². The zero-order chi connectivity index (χ0) is 13.8. The summed E-state index contributed by atoms with van der Waals surface area (Å²) in [4.78, 5) is 2.14. The average molecular weight is 259 g/mol. The minimum Gasteiger partial charge on any atom is -0.465 e. The van der Waals surface area contributed by atoms with E-state index in [-0.39, 0.29) is 0 Å². The van der Waals surface area contributed by atoms with Crippen LogP contribution in [-0.2, 0) is 13.1 Å². The second kappa shape index (κ2) is 6.06. The highest BCUT2D eigenvalue weighted by molar-refractivity contribution is 6.58. The minimum absolute atomic E-state index is 0.507. The Hall–Kier alpha value is -1.56. The summed E-state index contributed by atoms with van der Waals surface area (Å²) in [7, 11) is 0.616.